The minimum Gasteiger partial charge on any atom is -0.390 e. The molecule has 0 bridgehead atoms. The monoisotopic (exact) mass is 668 g/mol. The lowest BCUT2D eigenvalue weighted by molar-refractivity contribution is -0.134. The Morgan fingerprint density at radius 3 is 2.32 bits per heavy atom. The lowest BCUT2D eigenvalue weighted by Gasteiger charge is -2.28. The number of hydrogen-bond donors (Lipinski definition) is 3. The van der Waals surface area contributed by atoms with E-state index in [1.54, 1.807) is 17.8 Å². The van der Waals surface area contributed by atoms with Gasteiger partial charge in [0, 0.05) is 44.3 Å². The van der Waals surface area contributed by atoms with Crippen LogP contribution in [0.3, 0.4) is 0 Å². The van der Waals surface area contributed by atoms with Crippen LogP contribution in [0.5, 0.6) is 0 Å². The molecule has 3 aliphatic heterocycles. The third-order valence-corrected chi connectivity index (χ3v) is 9.07. The maximum absolute atomic E-state index is 13.9. The third kappa shape index (κ3) is 9.89. The molecule has 1 aromatic carbocycles. The molecule has 13 nitrogen and oxygen atoms in total. The summed E-state index contributed by atoms with van der Waals surface area (Å²) in [5, 5.41) is 14.4. The highest BCUT2D eigenvalue weighted by Crippen LogP contribution is 2.29. The summed E-state index contributed by atoms with van der Waals surface area (Å²) >= 11 is 1.38. The van der Waals surface area contributed by atoms with Gasteiger partial charge >= 0.3 is 0 Å². The molecule has 2 saturated heterocycles. The molecule has 14 heteroatoms. The Bertz CT molecular complexity index is 1410. The Balaban J connectivity index is 1.28. The van der Waals surface area contributed by atoms with E-state index in [9.17, 15) is 19.2 Å². The number of ketones is 1. The van der Waals surface area contributed by atoms with E-state index in [1.165, 1.54) is 11.3 Å². The highest BCUT2D eigenvalue weighted by molar-refractivity contribution is 7.07. The first-order valence-electron chi connectivity index (χ1n) is 16.1. The molecular formula is C33H44N6O7S. The zero-order chi connectivity index (χ0) is 33.4. The Kier molecular flexibility index (Phi) is 11.7. The maximum atomic E-state index is 13.9. The quantitative estimate of drug-likeness (QED) is 0.224. The van der Waals surface area contributed by atoms with Gasteiger partial charge in [-0.05, 0) is 24.8 Å². The zero-order valence-corrected chi connectivity index (χ0v) is 27.9. The summed E-state index contributed by atoms with van der Waals surface area (Å²) in [4.78, 5) is 66.4. The van der Waals surface area contributed by atoms with E-state index in [4.69, 9.17) is 14.3 Å². The molecule has 254 valence electrons. The van der Waals surface area contributed by atoms with E-state index in [0.717, 1.165) is 18.7 Å². The van der Waals surface area contributed by atoms with Crippen LogP contribution < -0.4 is 16.0 Å². The molecule has 3 N–H and O–H groups in total. The van der Waals surface area contributed by atoms with Gasteiger partial charge in [-0.15, -0.1) is 11.3 Å². The molecular weight excluding hydrogens is 624 g/mol. The summed E-state index contributed by atoms with van der Waals surface area (Å²) in [5.41, 5.74) is 2.38. The smallest absolute Gasteiger partial charge is 0.269 e. The van der Waals surface area contributed by atoms with Crippen molar-refractivity contribution < 1.29 is 33.5 Å². The lowest BCUT2D eigenvalue weighted by Crippen LogP contribution is -2.58. The number of morpholine rings is 1. The topological polar surface area (TPSA) is 164 Å². The van der Waals surface area contributed by atoms with Crippen molar-refractivity contribution >= 4 is 40.6 Å². The van der Waals surface area contributed by atoms with E-state index >= 15 is 0 Å². The Morgan fingerprint density at radius 1 is 1.00 bits per heavy atom. The van der Waals surface area contributed by atoms with Crippen LogP contribution in [0.15, 0.2) is 46.4 Å². The molecule has 0 aliphatic carbocycles. The first-order valence-corrected chi connectivity index (χ1v) is 17.1. The van der Waals surface area contributed by atoms with Crippen molar-refractivity contribution in [3.8, 4) is 0 Å². The number of epoxide rings is 1. The van der Waals surface area contributed by atoms with Crippen molar-refractivity contribution in [1.82, 2.24) is 25.8 Å². The largest absolute Gasteiger partial charge is 0.390 e. The van der Waals surface area contributed by atoms with Gasteiger partial charge in [-0.2, -0.15) is 0 Å². The van der Waals surface area contributed by atoms with Gasteiger partial charge in [0.15, 0.2) is 5.78 Å². The Hall–Kier alpha value is -3.72. The van der Waals surface area contributed by atoms with Gasteiger partial charge in [0.1, 0.15) is 29.5 Å². The molecule has 0 radical (unpaired) electrons. The normalized spacial score (nSPS) is 22.8. The van der Waals surface area contributed by atoms with Crippen molar-refractivity contribution in [3.63, 3.8) is 0 Å². The first kappa shape index (κ1) is 34.6. The second-order valence-electron chi connectivity index (χ2n) is 12.9. The molecule has 3 amide bonds. The average molecular weight is 669 g/mol. The summed E-state index contributed by atoms with van der Waals surface area (Å²) in [6.07, 6.45) is 0.741. The van der Waals surface area contributed by atoms with Crippen molar-refractivity contribution in [2.75, 3.05) is 39.5 Å². The van der Waals surface area contributed by atoms with Crippen LogP contribution in [0.1, 0.15) is 44.9 Å². The van der Waals surface area contributed by atoms with E-state index in [2.05, 4.69) is 31.0 Å². The van der Waals surface area contributed by atoms with Crippen molar-refractivity contribution in [3.05, 3.63) is 52.5 Å². The number of benzene rings is 1. The number of nitrogens with zero attached hydrogens (tertiary/aromatic N) is 3. The number of aromatic nitrogens is 1. The molecule has 0 saturated carbocycles. The molecule has 2 fully saturated rings. The Labute approximate surface area is 278 Å². The number of nitrogens with one attached hydrogen (secondary N) is 3. The maximum Gasteiger partial charge on any atom is 0.269 e. The highest BCUT2D eigenvalue weighted by Gasteiger charge is 2.50. The summed E-state index contributed by atoms with van der Waals surface area (Å²) in [6.45, 7) is 9.47. The third-order valence-electron chi connectivity index (χ3n) is 8.43. The summed E-state index contributed by atoms with van der Waals surface area (Å²) in [7, 11) is 0. The molecule has 5 unspecified atom stereocenters. The van der Waals surface area contributed by atoms with Crippen LogP contribution in [0.2, 0.25) is 0 Å². The van der Waals surface area contributed by atoms with Gasteiger partial charge < -0.3 is 30.3 Å². The predicted octanol–water partition coefficient (Wildman–Crippen LogP) is 1.26. The van der Waals surface area contributed by atoms with Crippen LogP contribution in [-0.2, 0) is 46.3 Å². The SMILES string of the molecule is CC(C)CC(NC(=O)C(Cc1ccccc1)NC(=O)C(Cc1cscn1)NC(=O)C1=NOC(CN2CCOCC2)C1)C(=O)C1(C)CO1. The van der Waals surface area contributed by atoms with E-state index in [-0.39, 0.29) is 36.4 Å². The first-order chi connectivity index (χ1) is 22.6. The van der Waals surface area contributed by atoms with Gasteiger partial charge in [0.05, 0.1) is 37.1 Å². The number of oxime groups is 1. The lowest BCUT2D eigenvalue weighted by atomic mass is 9.93. The summed E-state index contributed by atoms with van der Waals surface area (Å²) in [5.74, 6) is -1.64. The molecule has 5 rings (SSSR count). The van der Waals surface area contributed by atoms with Crippen LogP contribution in [0.4, 0.5) is 0 Å². The van der Waals surface area contributed by atoms with Gasteiger partial charge in [0.25, 0.3) is 5.91 Å². The van der Waals surface area contributed by atoms with Crippen molar-refractivity contribution in [2.45, 2.75) is 76.3 Å². The number of thiazole rings is 1. The predicted molar refractivity (Wildman–Crippen MR) is 175 cm³/mol. The van der Waals surface area contributed by atoms with Crippen LogP contribution >= 0.6 is 11.3 Å². The fraction of sp³-hybridized carbons (Fsp3) is 0.576. The molecule has 47 heavy (non-hydrogen) atoms. The molecule has 2 aromatic rings. The number of hydrogen-bond acceptors (Lipinski definition) is 11. The number of rotatable bonds is 16. The number of Topliss-reactive ketones (excluding diaryl/α,β-unsaturated/α-hetero) is 1. The van der Waals surface area contributed by atoms with Crippen molar-refractivity contribution in [1.29, 1.82) is 0 Å². The van der Waals surface area contributed by atoms with Crippen LogP contribution in [0.25, 0.3) is 0 Å². The number of carbonyl (C=O) groups is 4. The minimum atomic E-state index is -1.05. The Morgan fingerprint density at radius 2 is 1.68 bits per heavy atom. The van der Waals surface area contributed by atoms with E-state index in [0.29, 0.717) is 44.9 Å². The van der Waals surface area contributed by atoms with E-state index in [1.807, 2.05) is 44.2 Å². The van der Waals surface area contributed by atoms with Crippen LogP contribution in [0, 0.1) is 5.92 Å². The summed E-state index contributed by atoms with van der Waals surface area (Å²) < 4.78 is 10.8. The molecule has 5 atom stereocenters. The number of ether oxygens (including phenoxy) is 2. The second kappa shape index (κ2) is 15.9. The average Bonchev–Trinajstić information content (AvgIpc) is 3.39. The van der Waals surface area contributed by atoms with Gasteiger partial charge in [-0.3, -0.25) is 24.1 Å². The number of carbonyl (C=O) groups excluding carboxylic acids is 4. The zero-order valence-electron chi connectivity index (χ0n) is 27.1. The number of amides is 3. The minimum absolute atomic E-state index is 0.107. The van der Waals surface area contributed by atoms with E-state index < -0.39 is 41.4 Å². The van der Waals surface area contributed by atoms with Gasteiger partial charge in [0.2, 0.25) is 11.8 Å². The molecule has 3 aliphatic rings. The standard InChI is InChI=1S/C33H44N6O7S/c1-21(2)13-25(29(40)33(3)19-45-33)35-30(41)26(14-22-7-5-4-6-8-22)36-31(42)27(15-23-18-47-20-34-23)37-32(43)28-16-24(46-38-28)17-39-9-11-44-12-10-39/h4-8,18,20-21,24-27H,9-17,19H2,1-3H3,(H,35,41)(H,36,42)(H,37,43). The van der Waals surface area contributed by atoms with Crippen molar-refractivity contribution in [2.24, 2.45) is 11.1 Å². The van der Waals surface area contributed by atoms with Crippen LogP contribution in [-0.4, -0.2) is 108 Å². The molecule has 0 spiro atoms. The van der Waals surface area contributed by atoms with Gasteiger partial charge in [-0.1, -0.05) is 49.3 Å². The summed E-state index contributed by atoms with van der Waals surface area (Å²) in [6, 6.07) is 6.44. The second-order valence-corrected chi connectivity index (χ2v) is 13.6. The fourth-order valence-electron chi connectivity index (χ4n) is 5.66. The van der Waals surface area contributed by atoms with Gasteiger partial charge in [-0.25, -0.2) is 4.98 Å². The molecule has 4 heterocycles. The molecule has 1 aromatic heterocycles. The fourth-order valence-corrected chi connectivity index (χ4v) is 6.23. The highest BCUT2D eigenvalue weighted by atomic mass is 32.1.